The maximum atomic E-state index is 12.6. The van der Waals surface area contributed by atoms with Crippen molar-refractivity contribution in [2.45, 2.75) is 25.8 Å². The van der Waals surface area contributed by atoms with Gasteiger partial charge in [0, 0.05) is 26.1 Å². The average molecular weight is 441 g/mol. The molecule has 28 heavy (non-hydrogen) atoms. The molecule has 0 radical (unpaired) electrons. The molecule has 1 heterocycles. The Morgan fingerprint density at radius 3 is 2.50 bits per heavy atom. The number of hydrogen-bond acceptors (Lipinski definition) is 3. The van der Waals surface area contributed by atoms with Crippen molar-refractivity contribution in [1.29, 1.82) is 0 Å². The van der Waals surface area contributed by atoms with E-state index in [1.807, 2.05) is 23.1 Å². The Kier molecular flexibility index (Phi) is 6.53. The quantitative estimate of drug-likeness (QED) is 0.678. The smallest absolute Gasteiger partial charge is 0.232 e. The number of rotatable bonds is 6. The van der Waals surface area contributed by atoms with Gasteiger partial charge in [-0.05, 0) is 42.2 Å². The van der Waals surface area contributed by atoms with Gasteiger partial charge in [-0.25, -0.2) is 8.42 Å². The van der Waals surface area contributed by atoms with Crippen LogP contribution in [0.15, 0.2) is 42.5 Å². The molecule has 0 bridgehead atoms. The highest BCUT2D eigenvalue weighted by Crippen LogP contribution is 2.28. The number of fused-ring (bicyclic) bond motifs is 1. The van der Waals surface area contributed by atoms with E-state index >= 15 is 0 Å². The molecule has 2 aromatic carbocycles. The minimum Gasteiger partial charge on any atom is -0.338 e. The number of halogens is 2. The molecule has 0 fully saturated rings. The summed E-state index contributed by atoms with van der Waals surface area (Å²) in [4.78, 5) is 14.4. The molecule has 0 atom stereocenters. The molecular weight excluding hydrogens is 419 g/mol. The van der Waals surface area contributed by atoms with Gasteiger partial charge >= 0.3 is 0 Å². The molecule has 5 nitrogen and oxygen atoms in total. The molecule has 3 rings (SSSR count). The monoisotopic (exact) mass is 440 g/mol. The fraction of sp³-hybridized carbons (Fsp3) is 0.350. The Bertz CT molecular complexity index is 979. The highest BCUT2D eigenvalue weighted by molar-refractivity contribution is 7.92. The Balaban J connectivity index is 1.61. The van der Waals surface area contributed by atoms with Crippen LogP contribution in [0.3, 0.4) is 0 Å². The molecule has 0 aliphatic carbocycles. The zero-order valence-electron chi connectivity index (χ0n) is 15.6. The second-order valence-electron chi connectivity index (χ2n) is 6.87. The van der Waals surface area contributed by atoms with E-state index in [1.54, 1.807) is 12.1 Å². The van der Waals surface area contributed by atoms with Gasteiger partial charge in [0.2, 0.25) is 15.9 Å². The molecule has 2 aromatic rings. The molecule has 1 amide bonds. The van der Waals surface area contributed by atoms with Gasteiger partial charge in [-0.2, -0.15) is 0 Å². The van der Waals surface area contributed by atoms with E-state index in [9.17, 15) is 13.2 Å². The van der Waals surface area contributed by atoms with E-state index in [2.05, 4.69) is 6.07 Å². The second kappa shape index (κ2) is 8.72. The van der Waals surface area contributed by atoms with Gasteiger partial charge in [0.1, 0.15) is 0 Å². The largest absolute Gasteiger partial charge is 0.338 e. The molecule has 1 aliphatic rings. The molecule has 150 valence electrons. The third-order valence-corrected chi connectivity index (χ3v) is 6.76. The number of nitrogens with zero attached hydrogens (tertiary/aromatic N) is 2. The summed E-state index contributed by atoms with van der Waals surface area (Å²) in [5, 5.41) is 0.648. The first-order valence-electron chi connectivity index (χ1n) is 9.03. The molecule has 0 unspecified atom stereocenters. The van der Waals surface area contributed by atoms with Crippen LogP contribution in [0.5, 0.6) is 0 Å². The van der Waals surface area contributed by atoms with E-state index in [0.717, 1.165) is 12.7 Å². The van der Waals surface area contributed by atoms with E-state index in [4.69, 9.17) is 23.2 Å². The lowest BCUT2D eigenvalue weighted by atomic mass is 9.99. The van der Waals surface area contributed by atoms with Crippen molar-refractivity contribution in [2.75, 3.05) is 23.7 Å². The molecule has 8 heteroatoms. The summed E-state index contributed by atoms with van der Waals surface area (Å²) in [5.41, 5.74) is 2.90. The fourth-order valence-corrected chi connectivity index (χ4v) is 4.62. The van der Waals surface area contributed by atoms with Crippen LogP contribution in [-0.2, 0) is 27.8 Å². The molecular formula is C20H22Cl2N2O3S. The number of hydrogen-bond donors (Lipinski definition) is 0. The molecule has 0 saturated heterocycles. The highest BCUT2D eigenvalue weighted by atomic mass is 35.5. The summed E-state index contributed by atoms with van der Waals surface area (Å²) in [5.74, 6) is 0.0390. The third kappa shape index (κ3) is 4.99. The van der Waals surface area contributed by atoms with Crippen molar-refractivity contribution < 1.29 is 13.2 Å². The predicted molar refractivity (Wildman–Crippen MR) is 113 cm³/mol. The van der Waals surface area contributed by atoms with Crippen LogP contribution in [0.4, 0.5) is 5.69 Å². The molecule has 0 N–H and O–H groups in total. The van der Waals surface area contributed by atoms with Gasteiger partial charge in [-0.3, -0.25) is 9.10 Å². The second-order valence-corrected chi connectivity index (χ2v) is 9.59. The summed E-state index contributed by atoms with van der Waals surface area (Å²) < 4.78 is 25.7. The maximum absolute atomic E-state index is 12.6. The minimum atomic E-state index is -3.50. The van der Waals surface area contributed by atoms with Gasteiger partial charge in [0.25, 0.3) is 0 Å². The van der Waals surface area contributed by atoms with E-state index in [-0.39, 0.29) is 23.9 Å². The van der Waals surface area contributed by atoms with E-state index in [0.29, 0.717) is 30.2 Å². The van der Waals surface area contributed by atoms with Crippen molar-refractivity contribution in [3.63, 3.8) is 0 Å². The van der Waals surface area contributed by atoms with Gasteiger partial charge in [0.05, 0.1) is 22.0 Å². The minimum absolute atomic E-state index is 0.0390. The zero-order chi connectivity index (χ0) is 20.3. The van der Waals surface area contributed by atoms with Crippen molar-refractivity contribution >= 4 is 44.8 Å². The number of carbonyl (C=O) groups excluding carboxylic acids is 1. The average Bonchev–Trinajstić information content (AvgIpc) is 2.66. The van der Waals surface area contributed by atoms with Crippen LogP contribution in [-0.4, -0.2) is 38.6 Å². The molecule has 0 aromatic heterocycles. The van der Waals surface area contributed by atoms with Crippen molar-refractivity contribution in [2.24, 2.45) is 0 Å². The van der Waals surface area contributed by atoms with E-state index < -0.39 is 10.0 Å². The first-order valence-corrected chi connectivity index (χ1v) is 11.6. The third-order valence-electron chi connectivity index (χ3n) is 4.83. The van der Waals surface area contributed by atoms with Crippen LogP contribution in [0, 0.1) is 0 Å². The topological polar surface area (TPSA) is 57.7 Å². The fourth-order valence-electron chi connectivity index (χ4n) is 3.37. The number of benzene rings is 2. The number of anilines is 1. The lowest BCUT2D eigenvalue weighted by molar-refractivity contribution is -0.132. The number of sulfonamides is 1. The summed E-state index contributed by atoms with van der Waals surface area (Å²) in [6.07, 6.45) is 2.69. The summed E-state index contributed by atoms with van der Waals surface area (Å²) in [6, 6.07) is 12.8. The lowest BCUT2D eigenvalue weighted by Gasteiger charge is -2.29. The normalized spacial score (nSPS) is 13.9. The number of amides is 1. The molecule has 1 aliphatic heterocycles. The Morgan fingerprint density at radius 2 is 1.82 bits per heavy atom. The zero-order valence-corrected chi connectivity index (χ0v) is 17.9. The van der Waals surface area contributed by atoms with Gasteiger partial charge < -0.3 is 4.90 Å². The van der Waals surface area contributed by atoms with Crippen molar-refractivity contribution in [3.05, 3.63) is 63.6 Å². The van der Waals surface area contributed by atoms with Crippen molar-refractivity contribution in [3.8, 4) is 0 Å². The maximum Gasteiger partial charge on any atom is 0.232 e. The first kappa shape index (κ1) is 21.0. The number of carbonyl (C=O) groups is 1. The van der Waals surface area contributed by atoms with Crippen LogP contribution < -0.4 is 4.31 Å². The van der Waals surface area contributed by atoms with Crippen LogP contribution >= 0.6 is 23.2 Å². The highest BCUT2D eigenvalue weighted by Gasteiger charge is 2.22. The van der Waals surface area contributed by atoms with Gasteiger partial charge in [0.15, 0.2) is 0 Å². The van der Waals surface area contributed by atoms with Crippen molar-refractivity contribution in [1.82, 2.24) is 4.90 Å². The Labute approximate surface area is 175 Å². The Hall–Kier alpha value is -1.76. The summed E-state index contributed by atoms with van der Waals surface area (Å²) in [6.45, 7) is 1.50. The van der Waals surface area contributed by atoms with Crippen LogP contribution in [0.1, 0.15) is 24.0 Å². The molecule has 0 spiro atoms. The summed E-state index contributed by atoms with van der Waals surface area (Å²) in [7, 11) is -3.50. The van der Waals surface area contributed by atoms with Gasteiger partial charge in [-0.15, -0.1) is 0 Å². The molecule has 0 saturated carbocycles. The predicted octanol–water partition coefficient (Wildman–Crippen LogP) is 4.12. The standard InChI is InChI=1S/C20H22Cl2N2O3S/c1-28(26,27)24(17-8-9-18(21)19(22)13-17)11-4-7-20(25)23-12-10-15-5-2-3-6-16(15)14-23/h2-3,5-6,8-9,13H,4,7,10-12,14H2,1H3. The summed E-state index contributed by atoms with van der Waals surface area (Å²) >= 11 is 11.9. The first-order chi connectivity index (χ1) is 13.3. The van der Waals surface area contributed by atoms with Gasteiger partial charge in [-0.1, -0.05) is 47.5 Å². The van der Waals surface area contributed by atoms with Crippen LogP contribution in [0.25, 0.3) is 0 Å². The van der Waals surface area contributed by atoms with Crippen LogP contribution in [0.2, 0.25) is 10.0 Å². The Morgan fingerprint density at radius 1 is 1.11 bits per heavy atom. The SMILES string of the molecule is CS(=O)(=O)N(CCCC(=O)N1CCc2ccccc2C1)c1ccc(Cl)c(Cl)c1. The lowest BCUT2D eigenvalue weighted by Crippen LogP contribution is -2.37. The van der Waals surface area contributed by atoms with E-state index in [1.165, 1.54) is 21.5 Å².